The summed E-state index contributed by atoms with van der Waals surface area (Å²) in [6.45, 7) is 5.11. The number of rotatable bonds is 5. The van der Waals surface area contributed by atoms with E-state index in [0.717, 1.165) is 30.2 Å². The average Bonchev–Trinajstić information content (AvgIpc) is 2.94. The Labute approximate surface area is 101 Å². The van der Waals surface area contributed by atoms with Gasteiger partial charge >= 0.3 is 0 Å². The van der Waals surface area contributed by atoms with Gasteiger partial charge in [-0.05, 0) is 19.4 Å². The van der Waals surface area contributed by atoms with Gasteiger partial charge in [0.15, 0.2) is 0 Å². The maximum atomic E-state index is 4.36. The first-order chi connectivity index (χ1) is 8.20. The standard InChI is InChI=1S/C12H19N5/c1-4-9(2)13-8-12-14-7-10(16-12)11-5-6-15-17(11)3/h5-7,9,13H,4,8H2,1-3H3,(H,14,16). The molecule has 0 aliphatic carbocycles. The average molecular weight is 233 g/mol. The second-order valence-electron chi connectivity index (χ2n) is 4.27. The number of aromatic nitrogens is 4. The fourth-order valence-electron chi connectivity index (χ4n) is 1.64. The maximum absolute atomic E-state index is 4.36. The van der Waals surface area contributed by atoms with Crippen molar-refractivity contribution in [2.45, 2.75) is 32.9 Å². The Hall–Kier alpha value is -1.62. The van der Waals surface area contributed by atoms with Crippen LogP contribution in [0.5, 0.6) is 0 Å². The highest BCUT2D eigenvalue weighted by Gasteiger charge is 2.07. The van der Waals surface area contributed by atoms with Gasteiger partial charge in [-0.1, -0.05) is 6.92 Å². The van der Waals surface area contributed by atoms with Gasteiger partial charge < -0.3 is 10.3 Å². The van der Waals surface area contributed by atoms with Crippen LogP contribution in [-0.4, -0.2) is 25.8 Å². The fourth-order valence-corrected chi connectivity index (χ4v) is 1.64. The third-order valence-corrected chi connectivity index (χ3v) is 2.96. The van der Waals surface area contributed by atoms with Crippen molar-refractivity contribution < 1.29 is 0 Å². The lowest BCUT2D eigenvalue weighted by atomic mass is 10.2. The van der Waals surface area contributed by atoms with Gasteiger partial charge in [0.1, 0.15) is 5.82 Å². The molecule has 0 aliphatic heterocycles. The summed E-state index contributed by atoms with van der Waals surface area (Å²) in [6.07, 6.45) is 4.76. The fraction of sp³-hybridized carbons (Fsp3) is 0.500. The predicted molar refractivity (Wildman–Crippen MR) is 67.4 cm³/mol. The van der Waals surface area contributed by atoms with Crippen molar-refractivity contribution in [3.63, 3.8) is 0 Å². The van der Waals surface area contributed by atoms with E-state index in [2.05, 4.69) is 34.2 Å². The van der Waals surface area contributed by atoms with Crippen molar-refractivity contribution in [3.8, 4) is 11.4 Å². The molecule has 0 fully saturated rings. The maximum Gasteiger partial charge on any atom is 0.120 e. The minimum Gasteiger partial charge on any atom is -0.340 e. The van der Waals surface area contributed by atoms with E-state index < -0.39 is 0 Å². The molecular weight excluding hydrogens is 214 g/mol. The Kier molecular flexibility index (Phi) is 3.58. The minimum atomic E-state index is 0.514. The van der Waals surface area contributed by atoms with E-state index in [1.165, 1.54) is 0 Å². The van der Waals surface area contributed by atoms with Crippen molar-refractivity contribution in [2.75, 3.05) is 0 Å². The Bertz CT molecular complexity index is 471. The van der Waals surface area contributed by atoms with Gasteiger partial charge in [0, 0.05) is 19.3 Å². The number of aryl methyl sites for hydroxylation is 1. The number of hydrogen-bond acceptors (Lipinski definition) is 3. The van der Waals surface area contributed by atoms with Crippen LogP contribution in [0.2, 0.25) is 0 Å². The van der Waals surface area contributed by atoms with Crippen molar-refractivity contribution in [2.24, 2.45) is 7.05 Å². The zero-order chi connectivity index (χ0) is 12.3. The van der Waals surface area contributed by atoms with Gasteiger partial charge in [0.05, 0.1) is 24.1 Å². The Morgan fingerprint density at radius 3 is 3.00 bits per heavy atom. The van der Waals surface area contributed by atoms with Gasteiger partial charge in [-0.3, -0.25) is 4.68 Å². The van der Waals surface area contributed by atoms with Crippen LogP contribution in [0.1, 0.15) is 26.1 Å². The quantitative estimate of drug-likeness (QED) is 0.826. The van der Waals surface area contributed by atoms with E-state index in [4.69, 9.17) is 0 Å². The molecule has 17 heavy (non-hydrogen) atoms. The molecule has 5 heteroatoms. The number of aromatic amines is 1. The summed E-state index contributed by atoms with van der Waals surface area (Å²) in [5, 5.41) is 7.55. The summed E-state index contributed by atoms with van der Waals surface area (Å²) in [7, 11) is 1.92. The van der Waals surface area contributed by atoms with Crippen LogP contribution in [0, 0.1) is 0 Å². The molecule has 2 aromatic heterocycles. The summed E-state index contributed by atoms with van der Waals surface area (Å²) >= 11 is 0. The first kappa shape index (κ1) is 11.9. The van der Waals surface area contributed by atoms with Crippen LogP contribution in [0.25, 0.3) is 11.4 Å². The molecule has 0 saturated carbocycles. The first-order valence-electron chi connectivity index (χ1n) is 5.96. The molecule has 2 aromatic rings. The summed E-state index contributed by atoms with van der Waals surface area (Å²) in [5.41, 5.74) is 2.05. The first-order valence-corrected chi connectivity index (χ1v) is 5.96. The van der Waals surface area contributed by atoms with Gasteiger partial charge in [0.25, 0.3) is 0 Å². The molecule has 0 aromatic carbocycles. The van der Waals surface area contributed by atoms with Crippen LogP contribution in [-0.2, 0) is 13.6 Å². The molecule has 0 amide bonds. The van der Waals surface area contributed by atoms with E-state index in [1.807, 2.05) is 24.0 Å². The number of nitrogens with zero attached hydrogens (tertiary/aromatic N) is 3. The van der Waals surface area contributed by atoms with Crippen LogP contribution < -0.4 is 5.32 Å². The third kappa shape index (κ3) is 2.74. The van der Waals surface area contributed by atoms with E-state index >= 15 is 0 Å². The summed E-state index contributed by atoms with van der Waals surface area (Å²) in [5.74, 6) is 0.960. The highest BCUT2D eigenvalue weighted by atomic mass is 15.3. The lowest BCUT2D eigenvalue weighted by molar-refractivity contribution is 0.525. The second kappa shape index (κ2) is 5.14. The molecular formula is C12H19N5. The largest absolute Gasteiger partial charge is 0.340 e. The molecule has 5 nitrogen and oxygen atoms in total. The molecule has 0 saturated heterocycles. The van der Waals surface area contributed by atoms with Crippen LogP contribution in [0.3, 0.4) is 0 Å². The molecule has 2 N–H and O–H groups in total. The van der Waals surface area contributed by atoms with E-state index in [9.17, 15) is 0 Å². The van der Waals surface area contributed by atoms with Gasteiger partial charge in [-0.15, -0.1) is 0 Å². The molecule has 0 bridgehead atoms. The highest BCUT2D eigenvalue weighted by Crippen LogP contribution is 2.15. The monoisotopic (exact) mass is 233 g/mol. The highest BCUT2D eigenvalue weighted by molar-refractivity contribution is 5.52. The molecule has 0 spiro atoms. The lowest BCUT2D eigenvalue weighted by Gasteiger charge is -2.08. The number of hydrogen-bond donors (Lipinski definition) is 2. The zero-order valence-corrected chi connectivity index (χ0v) is 10.6. The van der Waals surface area contributed by atoms with Crippen molar-refractivity contribution in [1.82, 2.24) is 25.1 Å². The molecule has 1 atom stereocenters. The van der Waals surface area contributed by atoms with Crippen molar-refractivity contribution >= 4 is 0 Å². The summed E-state index contributed by atoms with van der Waals surface area (Å²) in [6, 6.07) is 2.49. The van der Waals surface area contributed by atoms with Crippen LogP contribution in [0.15, 0.2) is 18.5 Å². The van der Waals surface area contributed by atoms with E-state index in [1.54, 1.807) is 6.20 Å². The topological polar surface area (TPSA) is 58.5 Å². The number of nitrogens with one attached hydrogen (secondary N) is 2. The zero-order valence-electron chi connectivity index (χ0n) is 10.6. The number of H-pyrrole nitrogens is 1. The summed E-state index contributed by atoms with van der Waals surface area (Å²) < 4.78 is 1.83. The Morgan fingerprint density at radius 2 is 2.35 bits per heavy atom. The van der Waals surface area contributed by atoms with Crippen LogP contribution in [0.4, 0.5) is 0 Å². The SMILES string of the molecule is CCC(C)NCc1ncc(-c2ccnn2C)[nH]1. The number of imidazole rings is 1. The normalized spacial score (nSPS) is 12.9. The van der Waals surface area contributed by atoms with Gasteiger partial charge in [0.2, 0.25) is 0 Å². The molecule has 0 aliphatic rings. The molecule has 0 radical (unpaired) electrons. The third-order valence-electron chi connectivity index (χ3n) is 2.96. The lowest BCUT2D eigenvalue weighted by Crippen LogP contribution is -2.24. The van der Waals surface area contributed by atoms with Gasteiger partial charge in [-0.2, -0.15) is 5.10 Å². The molecule has 1 unspecified atom stereocenters. The molecule has 2 rings (SSSR count). The Balaban J connectivity index is 2.04. The molecule has 92 valence electrons. The van der Waals surface area contributed by atoms with Crippen molar-refractivity contribution in [1.29, 1.82) is 0 Å². The predicted octanol–water partition coefficient (Wildman–Crippen LogP) is 1.70. The van der Waals surface area contributed by atoms with Gasteiger partial charge in [-0.25, -0.2) is 4.98 Å². The van der Waals surface area contributed by atoms with Crippen LogP contribution >= 0.6 is 0 Å². The Morgan fingerprint density at radius 1 is 1.53 bits per heavy atom. The minimum absolute atomic E-state index is 0.514. The van der Waals surface area contributed by atoms with E-state index in [0.29, 0.717) is 6.04 Å². The second-order valence-corrected chi connectivity index (χ2v) is 4.27. The smallest absolute Gasteiger partial charge is 0.120 e. The van der Waals surface area contributed by atoms with E-state index in [-0.39, 0.29) is 0 Å². The van der Waals surface area contributed by atoms with Crippen molar-refractivity contribution in [3.05, 3.63) is 24.3 Å². The summed E-state index contributed by atoms with van der Waals surface area (Å²) in [4.78, 5) is 7.66. The molecule has 2 heterocycles.